The van der Waals surface area contributed by atoms with Gasteiger partial charge in [-0.3, -0.25) is 4.79 Å². The first kappa shape index (κ1) is 16.0. The Kier molecular flexibility index (Phi) is 4.28. The van der Waals surface area contributed by atoms with Crippen molar-refractivity contribution < 1.29 is 4.79 Å². The minimum absolute atomic E-state index is 0.332. The molecule has 1 heterocycles. The monoisotopic (exact) mass is 327 g/mol. The number of carbonyl (C=O) groups excluding carboxylic acids is 1. The van der Waals surface area contributed by atoms with Crippen LogP contribution in [0.1, 0.15) is 27.2 Å². The molecule has 0 unspecified atom stereocenters. The van der Waals surface area contributed by atoms with Gasteiger partial charge in [0.05, 0.1) is 29.0 Å². The molecule has 25 heavy (non-hydrogen) atoms. The molecule has 3 aromatic rings. The van der Waals surface area contributed by atoms with Crippen LogP contribution in [0.3, 0.4) is 0 Å². The van der Waals surface area contributed by atoms with Gasteiger partial charge in [-0.1, -0.05) is 6.07 Å². The Morgan fingerprint density at radius 2 is 1.76 bits per heavy atom. The first-order valence-electron chi connectivity index (χ1n) is 7.49. The maximum Gasteiger partial charge on any atom is 0.256 e. The van der Waals surface area contributed by atoms with Gasteiger partial charge in [0.1, 0.15) is 0 Å². The normalized spacial score (nSPS) is 9.88. The van der Waals surface area contributed by atoms with E-state index in [1.54, 1.807) is 53.2 Å². The van der Waals surface area contributed by atoms with Crippen molar-refractivity contribution in [2.75, 3.05) is 5.32 Å². The molecule has 0 fully saturated rings. The summed E-state index contributed by atoms with van der Waals surface area (Å²) in [5.41, 5.74) is 3.02. The first-order valence-corrected chi connectivity index (χ1v) is 7.49. The molecule has 0 radical (unpaired) electrons. The number of nitrogens with zero attached hydrogens (tertiary/aromatic N) is 4. The number of benzene rings is 2. The molecule has 0 aliphatic carbocycles. The van der Waals surface area contributed by atoms with E-state index in [9.17, 15) is 4.79 Å². The molecule has 0 aliphatic rings. The molecule has 0 atom stereocenters. The Balaban J connectivity index is 1.83. The second-order valence-corrected chi connectivity index (χ2v) is 5.39. The molecule has 0 spiro atoms. The standard InChI is InChI=1S/C19H13N5O/c1-13-9-18(22-19(25)16-4-2-3-15(10-16)12-21)23-24(13)17-7-5-14(11-20)6-8-17/h2-10H,1H3,(H,22,23,25). The van der Waals surface area contributed by atoms with Crippen LogP contribution in [0.15, 0.2) is 54.6 Å². The Bertz CT molecular complexity index is 1020. The predicted octanol–water partition coefficient (Wildman–Crippen LogP) is 3.18. The van der Waals surface area contributed by atoms with Gasteiger partial charge in [-0.2, -0.15) is 10.5 Å². The highest BCUT2D eigenvalue weighted by Gasteiger charge is 2.11. The Morgan fingerprint density at radius 1 is 1.04 bits per heavy atom. The van der Waals surface area contributed by atoms with Gasteiger partial charge in [0, 0.05) is 17.3 Å². The van der Waals surface area contributed by atoms with Gasteiger partial charge in [-0.25, -0.2) is 4.68 Å². The fraction of sp³-hybridized carbons (Fsp3) is 0.0526. The van der Waals surface area contributed by atoms with E-state index in [-0.39, 0.29) is 5.91 Å². The number of hydrogen-bond donors (Lipinski definition) is 1. The second-order valence-electron chi connectivity index (χ2n) is 5.39. The maximum absolute atomic E-state index is 12.3. The van der Waals surface area contributed by atoms with Crippen molar-refractivity contribution in [3.63, 3.8) is 0 Å². The van der Waals surface area contributed by atoms with Crippen LogP contribution in [-0.4, -0.2) is 15.7 Å². The van der Waals surface area contributed by atoms with Crippen molar-refractivity contribution in [2.24, 2.45) is 0 Å². The summed E-state index contributed by atoms with van der Waals surface area (Å²) >= 11 is 0. The summed E-state index contributed by atoms with van der Waals surface area (Å²) in [5, 5.41) is 24.9. The topological polar surface area (TPSA) is 94.5 Å². The molecule has 120 valence electrons. The zero-order valence-corrected chi connectivity index (χ0v) is 13.4. The zero-order valence-electron chi connectivity index (χ0n) is 13.4. The number of hydrogen-bond acceptors (Lipinski definition) is 4. The van der Waals surface area contributed by atoms with Gasteiger partial charge in [0.25, 0.3) is 5.91 Å². The minimum atomic E-state index is -0.332. The smallest absolute Gasteiger partial charge is 0.256 e. The number of aryl methyl sites for hydroxylation is 1. The van der Waals surface area contributed by atoms with Crippen LogP contribution in [0.25, 0.3) is 5.69 Å². The van der Waals surface area contributed by atoms with Crippen LogP contribution in [-0.2, 0) is 0 Å². The summed E-state index contributed by atoms with van der Waals surface area (Å²) in [6, 6.07) is 19.3. The third-order valence-electron chi connectivity index (χ3n) is 3.62. The van der Waals surface area contributed by atoms with Gasteiger partial charge >= 0.3 is 0 Å². The molecule has 0 saturated heterocycles. The molecule has 6 nitrogen and oxygen atoms in total. The molecule has 1 aromatic heterocycles. The summed E-state index contributed by atoms with van der Waals surface area (Å²) in [5.74, 6) is 0.0794. The lowest BCUT2D eigenvalue weighted by Crippen LogP contribution is -2.12. The average Bonchev–Trinajstić information content (AvgIpc) is 3.02. The lowest BCUT2D eigenvalue weighted by molar-refractivity contribution is 0.102. The second kappa shape index (κ2) is 6.69. The first-order chi connectivity index (χ1) is 12.1. The molecule has 0 bridgehead atoms. The fourth-order valence-electron chi connectivity index (χ4n) is 2.39. The van der Waals surface area contributed by atoms with Crippen LogP contribution in [0, 0.1) is 29.6 Å². The van der Waals surface area contributed by atoms with Crippen LogP contribution >= 0.6 is 0 Å². The quantitative estimate of drug-likeness (QED) is 0.799. The van der Waals surface area contributed by atoms with E-state index >= 15 is 0 Å². The highest BCUT2D eigenvalue weighted by molar-refractivity contribution is 6.04. The van der Waals surface area contributed by atoms with E-state index in [0.717, 1.165) is 11.4 Å². The molecular weight excluding hydrogens is 314 g/mol. The third-order valence-corrected chi connectivity index (χ3v) is 3.62. The number of rotatable bonds is 3. The summed E-state index contributed by atoms with van der Waals surface area (Å²) < 4.78 is 1.68. The van der Waals surface area contributed by atoms with Crippen LogP contribution < -0.4 is 5.32 Å². The number of anilines is 1. The number of nitrogens with one attached hydrogen (secondary N) is 1. The predicted molar refractivity (Wildman–Crippen MR) is 92.1 cm³/mol. The molecular formula is C19H13N5O. The summed E-state index contributed by atoms with van der Waals surface area (Å²) in [7, 11) is 0. The van der Waals surface area contributed by atoms with Crippen molar-refractivity contribution in [1.82, 2.24) is 9.78 Å². The van der Waals surface area contributed by atoms with E-state index in [1.807, 2.05) is 13.0 Å². The molecule has 0 saturated carbocycles. The number of nitriles is 2. The number of amides is 1. The van der Waals surface area contributed by atoms with Gasteiger partial charge in [0.2, 0.25) is 0 Å². The van der Waals surface area contributed by atoms with Crippen LogP contribution in [0.5, 0.6) is 0 Å². The molecule has 0 aliphatic heterocycles. The minimum Gasteiger partial charge on any atom is -0.305 e. The lowest BCUT2D eigenvalue weighted by atomic mass is 10.1. The fourth-order valence-corrected chi connectivity index (χ4v) is 2.39. The third kappa shape index (κ3) is 3.39. The molecule has 6 heteroatoms. The number of carbonyl (C=O) groups is 1. The summed E-state index contributed by atoms with van der Waals surface area (Å²) in [4.78, 5) is 12.3. The van der Waals surface area contributed by atoms with Crippen molar-refractivity contribution in [3.05, 3.63) is 77.0 Å². The Labute approximate surface area is 144 Å². The largest absolute Gasteiger partial charge is 0.305 e. The lowest BCUT2D eigenvalue weighted by Gasteiger charge is -2.04. The highest BCUT2D eigenvalue weighted by atomic mass is 16.1. The summed E-state index contributed by atoms with van der Waals surface area (Å²) in [6.07, 6.45) is 0. The van der Waals surface area contributed by atoms with Gasteiger partial charge in [-0.15, -0.1) is 5.10 Å². The van der Waals surface area contributed by atoms with Crippen molar-refractivity contribution in [3.8, 4) is 17.8 Å². The van der Waals surface area contributed by atoms with Gasteiger partial charge in [0.15, 0.2) is 5.82 Å². The SMILES string of the molecule is Cc1cc(NC(=O)c2cccc(C#N)c2)nn1-c1ccc(C#N)cc1. The Hall–Kier alpha value is -3.90. The van der Waals surface area contributed by atoms with E-state index in [2.05, 4.69) is 16.5 Å². The summed E-state index contributed by atoms with van der Waals surface area (Å²) in [6.45, 7) is 1.87. The molecule has 2 aromatic carbocycles. The van der Waals surface area contributed by atoms with Crippen molar-refractivity contribution in [1.29, 1.82) is 10.5 Å². The zero-order chi connectivity index (χ0) is 17.8. The van der Waals surface area contributed by atoms with E-state index in [4.69, 9.17) is 10.5 Å². The highest BCUT2D eigenvalue weighted by Crippen LogP contribution is 2.16. The van der Waals surface area contributed by atoms with Gasteiger partial charge in [-0.05, 0) is 49.4 Å². The van der Waals surface area contributed by atoms with Crippen LogP contribution in [0.2, 0.25) is 0 Å². The molecule has 1 amide bonds. The van der Waals surface area contributed by atoms with E-state index in [1.165, 1.54) is 6.07 Å². The van der Waals surface area contributed by atoms with E-state index < -0.39 is 0 Å². The van der Waals surface area contributed by atoms with E-state index in [0.29, 0.717) is 22.5 Å². The van der Waals surface area contributed by atoms with Crippen molar-refractivity contribution in [2.45, 2.75) is 6.92 Å². The number of aromatic nitrogens is 2. The molecule has 1 N–H and O–H groups in total. The average molecular weight is 327 g/mol. The van der Waals surface area contributed by atoms with Gasteiger partial charge < -0.3 is 5.32 Å². The van der Waals surface area contributed by atoms with Crippen molar-refractivity contribution >= 4 is 11.7 Å². The van der Waals surface area contributed by atoms with Crippen LogP contribution in [0.4, 0.5) is 5.82 Å². The maximum atomic E-state index is 12.3. The molecule has 3 rings (SSSR count). The Morgan fingerprint density at radius 3 is 2.44 bits per heavy atom.